The van der Waals surface area contributed by atoms with Crippen molar-refractivity contribution in [3.05, 3.63) is 47.5 Å². The van der Waals surface area contributed by atoms with Gasteiger partial charge in [0.1, 0.15) is 5.82 Å². The fraction of sp³-hybridized carbons (Fsp3) is 0.286. The van der Waals surface area contributed by atoms with E-state index in [1.165, 1.54) is 24.2 Å². The Hall–Kier alpha value is -2.29. The van der Waals surface area contributed by atoms with Gasteiger partial charge in [-0.1, -0.05) is 23.9 Å². The number of imidazole rings is 1. The first-order valence-electron chi connectivity index (χ1n) is 6.85. The molecule has 0 radical (unpaired) electrons. The first-order chi connectivity index (χ1) is 11.1. The van der Waals surface area contributed by atoms with E-state index in [0.29, 0.717) is 5.16 Å². The van der Waals surface area contributed by atoms with Gasteiger partial charge in [0.05, 0.1) is 11.4 Å². The standard InChI is InChI=1S/C14H14F2N6S/c1-9-4-3-5-11(10(9)2)22-14(18-19-20-22)23-8-12-17-6-7-21(12)13(15)16/h3-7,13H,8H2,1-2H3. The highest BCUT2D eigenvalue weighted by Crippen LogP contribution is 2.25. The minimum absolute atomic E-state index is 0.253. The molecule has 0 atom stereocenters. The van der Waals surface area contributed by atoms with Gasteiger partial charge in [0.15, 0.2) is 0 Å². The quantitative estimate of drug-likeness (QED) is 0.670. The average molecular weight is 336 g/mol. The number of halogens is 2. The number of tetrazole rings is 1. The molecule has 0 spiro atoms. The van der Waals surface area contributed by atoms with Crippen molar-refractivity contribution in [3.63, 3.8) is 0 Å². The molecule has 0 aliphatic carbocycles. The third-order valence-electron chi connectivity index (χ3n) is 3.53. The molecule has 2 aromatic heterocycles. The molecule has 0 bridgehead atoms. The van der Waals surface area contributed by atoms with Crippen LogP contribution in [0, 0.1) is 13.8 Å². The minimum atomic E-state index is -2.61. The molecule has 120 valence electrons. The molecule has 1 aromatic carbocycles. The highest BCUT2D eigenvalue weighted by molar-refractivity contribution is 7.98. The van der Waals surface area contributed by atoms with Crippen molar-refractivity contribution in [3.8, 4) is 5.69 Å². The number of hydrogen-bond donors (Lipinski definition) is 0. The summed E-state index contributed by atoms with van der Waals surface area (Å²) in [7, 11) is 0. The molecule has 9 heteroatoms. The lowest BCUT2D eigenvalue weighted by Crippen LogP contribution is -2.05. The van der Waals surface area contributed by atoms with E-state index >= 15 is 0 Å². The number of nitrogens with zero attached hydrogens (tertiary/aromatic N) is 6. The summed E-state index contributed by atoms with van der Waals surface area (Å²) in [6.07, 6.45) is 2.62. The highest BCUT2D eigenvalue weighted by Gasteiger charge is 2.15. The molecule has 0 saturated carbocycles. The van der Waals surface area contributed by atoms with E-state index in [1.54, 1.807) is 4.68 Å². The Bertz CT molecular complexity index is 813. The predicted octanol–water partition coefficient (Wildman–Crippen LogP) is 3.16. The Kier molecular flexibility index (Phi) is 4.37. The van der Waals surface area contributed by atoms with Crippen LogP contribution in [0.1, 0.15) is 23.5 Å². The Morgan fingerprint density at radius 3 is 2.87 bits per heavy atom. The number of benzene rings is 1. The van der Waals surface area contributed by atoms with Crippen molar-refractivity contribution in [2.45, 2.75) is 31.3 Å². The second-order valence-electron chi connectivity index (χ2n) is 4.91. The van der Waals surface area contributed by atoms with E-state index in [0.717, 1.165) is 21.4 Å². The van der Waals surface area contributed by atoms with Gasteiger partial charge in [-0.25, -0.2) is 4.98 Å². The van der Waals surface area contributed by atoms with Gasteiger partial charge >= 0.3 is 6.55 Å². The number of thioether (sulfide) groups is 1. The van der Waals surface area contributed by atoms with Crippen LogP contribution in [0.3, 0.4) is 0 Å². The molecule has 6 nitrogen and oxygen atoms in total. The van der Waals surface area contributed by atoms with Crippen molar-refractivity contribution in [2.75, 3.05) is 0 Å². The zero-order chi connectivity index (χ0) is 16.4. The predicted molar refractivity (Wildman–Crippen MR) is 81.7 cm³/mol. The Labute approximate surface area is 135 Å². The van der Waals surface area contributed by atoms with Gasteiger partial charge in [-0.05, 0) is 41.5 Å². The van der Waals surface area contributed by atoms with Crippen molar-refractivity contribution in [1.29, 1.82) is 0 Å². The average Bonchev–Trinajstić information content (AvgIpc) is 3.16. The Balaban J connectivity index is 1.84. The molecular formula is C14H14F2N6S. The van der Waals surface area contributed by atoms with Gasteiger partial charge in [-0.15, -0.1) is 5.10 Å². The largest absolute Gasteiger partial charge is 0.319 e. The van der Waals surface area contributed by atoms with E-state index in [1.807, 2.05) is 32.0 Å². The summed E-state index contributed by atoms with van der Waals surface area (Å²) < 4.78 is 28.1. The van der Waals surface area contributed by atoms with E-state index < -0.39 is 6.55 Å². The fourth-order valence-corrected chi connectivity index (χ4v) is 2.98. The first kappa shape index (κ1) is 15.6. The third-order valence-corrected chi connectivity index (χ3v) is 4.45. The highest BCUT2D eigenvalue weighted by atomic mass is 32.2. The zero-order valence-electron chi connectivity index (χ0n) is 12.5. The number of aryl methyl sites for hydroxylation is 1. The molecule has 0 saturated heterocycles. The van der Waals surface area contributed by atoms with Crippen LogP contribution in [0.15, 0.2) is 35.7 Å². The second-order valence-corrected chi connectivity index (χ2v) is 5.85. The molecule has 23 heavy (non-hydrogen) atoms. The van der Waals surface area contributed by atoms with Crippen molar-refractivity contribution in [2.24, 2.45) is 0 Å². The number of aromatic nitrogens is 6. The van der Waals surface area contributed by atoms with Gasteiger partial charge < -0.3 is 0 Å². The number of alkyl halides is 2. The lowest BCUT2D eigenvalue weighted by atomic mass is 10.1. The maximum Gasteiger partial charge on any atom is 0.319 e. The summed E-state index contributed by atoms with van der Waals surface area (Å²) in [4.78, 5) is 3.96. The number of rotatable bonds is 5. The van der Waals surface area contributed by atoms with Gasteiger partial charge in [0.25, 0.3) is 0 Å². The van der Waals surface area contributed by atoms with Crippen LogP contribution >= 0.6 is 11.8 Å². The molecule has 0 N–H and O–H groups in total. The summed E-state index contributed by atoms with van der Waals surface area (Å²) in [6, 6.07) is 5.86. The lowest BCUT2D eigenvalue weighted by Gasteiger charge is -2.10. The van der Waals surface area contributed by atoms with E-state index in [-0.39, 0.29) is 11.6 Å². The summed E-state index contributed by atoms with van der Waals surface area (Å²) in [5.74, 6) is 0.531. The van der Waals surface area contributed by atoms with Gasteiger partial charge in [-0.2, -0.15) is 13.5 Å². The van der Waals surface area contributed by atoms with E-state index in [9.17, 15) is 8.78 Å². The lowest BCUT2D eigenvalue weighted by molar-refractivity contribution is 0.0678. The normalized spacial score (nSPS) is 11.3. The van der Waals surface area contributed by atoms with Crippen LogP contribution in [-0.4, -0.2) is 29.8 Å². The molecular weight excluding hydrogens is 322 g/mol. The molecule has 0 aliphatic rings. The monoisotopic (exact) mass is 336 g/mol. The zero-order valence-corrected chi connectivity index (χ0v) is 13.3. The Morgan fingerprint density at radius 1 is 1.26 bits per heavy atom. The molecule has 0 amide bonds. The number of hydrogen-bond acceptors (Lipinski definition) is 5. The van der Waals surface area contributed by atoms with Crippen LogP contribution in [0.5, 0.6) is 0 Å². The smallest absolute Gasteiger partial charge is 0.277 e. The maximum atomic E-state index is 12.8. The van der Waals surface area contributed by atoms with Crippen LogP contribution in [0.25, 0.3) is 5.69 Å². The van der Waals surface area contributed by atoms with Gasteiger partial charge in [0.2, 0.25) is 5.16 Å². The molecule has 0 aliphatic heterocycles. The van der Waals surface area contributed by atoms with Crippen LogP contribution in [0.2, 0.25) is 0 Å². The third kappa shape index (κ3) is 3.09. The fourth-order valence-electron chi connectivity index (χ4n) is 2.15. The van der Waals surface area contributed by atoms with E-state index in [4.69, 9.17) is 0 Å². The topological polar surface area (TPSA) is 61.4 Å². The summed E-state index contributed by atoms with van der Waals surface area (Å²) in [6.45, 7) is 1.39. The van der Waals surface area contributed by atoms with Crippen LogP contribution in [-0.2, 0) is 5.75 Å². The van der Waals surface area contributed by atoms with Crippen molar-refractivity contribution >= 4 is 11.8 Å². The van der Waals surface area contributed by atoms with Gasteiger partial charge in [-0.3, -0.25) is 4.57 Å². The first-order valence-corrected chi connectivity index (χ1v) is 7.84. The summed E-state index contributed by atoms with van der Waals surface area (Å²) in [5.41, 5.74) is 3.06. The van der Waals surface area contributed by atoms with Crippen LogP contribution < -0.4 is 0 Å². The maximum absolute atomic E-state index is 12.8. The van der Waals surface area contributed by atoms with Crippen molar-refractivity contribution < 1.29 is 8.78 Å². The van der Waals surface area contributed by atoms with Crippen LogP contribution in [0.4, 0.5) is 8.78 Å². The minimum Gasteiger partial charge on any atom is -0.277 e. The Morgan fingerprint density at radius 2 is 2.09 bits per heavy atom. The summed E-state index contributed by atoms with van der Waals surface area (Å²) in [5, 5.41) is 12.2. The van der Waals surface area contributed by atoms with Gasteiger partial charge in [0, 0.05) is 12.4 Å². The SMILES string of the molecule is Cc1cccc(-n2nnnc2SCc2nccn2C(F)F)c1C. The molecule has 0 fully saturated rings. The molecule has 3 rings (SSSR count). The molecule has 2 heterocycles. The van der Waals surface area contributed by atoms with E-state index in [2.05, 4.69) is 20.5 Å². The second kappa shape index (κ2) is 6.45. The van der Waals surface area contributed by atoms with Crippen molar-refractivity contribution in [1.82, 2.24) is 29.8 Å². The summed E-state index contributed by atoms with van der Waals surface area (Å²) >= 11 is 1.26. The molecule has 0 unspecified atom stereocenters. The molecule has 3 aromatic rings.